The first-order valence-corrected chi connectivity index (χ1v) is 8.45. The molecular formula is C17H24N6O. The maximum atomic E-state index is 12.1. The molecule has 2 N–H and O–H groups in total. The van der Waals surface area contributed by atoms with Gasteiger partial charge in [0.05, 0.1) is 6.54 Å². The van der Waals surface area contributed by atoms with Crippen molar-refractivity contribution in [3.8, 4) is 0 Å². The second-order valence-corrected chi connectivity index (χ2v) is 6.54. The van der Waals surface area contributed by atoms with Crippen molar-refractivity contribution in [2.45, 2.75) is 40.2 Å². The number of nitrogens with one attached hydrogen (secondary N) is 2. The Morgan fingerprint density at radius 2 is 2.21 bits per heavy atom. The Bertz CT molecular complexity index is 737. The van der Waals surface area contributed by atoms with Crippen LogP contribution in [0, 0.1) is 12.8 Å². The fraction of sp³-hybridized carbons (Fsp3) is 0.529. The van der Waals surface area contributed by atoms with Gasteiger partial charge in [-0.2, -0.15) is 5.10 Å². The molecule has 0 aromatic carbocycles. The quantitative estimate of drug-likeness (QED) is 0.841. The van der Waals surface area contributed by atoms with Crippen molar-refractivity contribution in [1.82, 2.24) is 25.1 Å². The maximum Gasteiger partial charge on any atom is 0.270 e. The molecule has 3 heterocycles. The molecule has 128 valence electrons. The monoisotopic (exact) mass is 328 g/mol. The van der Waals surface area contributed by atoms with E-state index in [1.54, 1.807) is 6.20 Å². The minimum absolute atomic E-state index is 0.102. The van der Waals surface area contributed by atoms with E-state index in [9.17, 15) is 4.79 Å². The molecule has 2 aromatic rings. The van der Waals surface area contributed by atoms with E-state index in [-0.39, 0.29) is 5.91 Å². The minimum Gasteiger partial charge on any atom is -0.368 e. The first-order valence-electron chi connectivity index (χ1n) is 8.45. The molecule has 0 bridgehead atoms. The van der Waals surface area contributed by atoms with Gasteiger partial charge >= 0.3 is 0 Å². The van der Waals surface area contributed by atoms with Gasteiger partial charge in [-0.15, -0.1) is 0 Å². The number of amides is 1. The predicted molar refractivity (Wildman–Crippen MR) is 92.1 cm³/mol. The highest BCUT2D eigenvalue weighted by molar-refractivity contribution is 5.95. The van der Waals surface area contributed by atoms with E-state index < -0.39 is 0 Å². The Morgan fingerprint density at radius 3 is 2.92 bits per heavy atom. The molecule has 2 aromatic heterocycles. The Morgan fingerprint density at radius 1 is 1.38 bits per heavy atom. The molecule has 1 aliphatic rings. The molecule has 0 saturated carbocycles. The van der Waals surface area contributed by atoms with Crippen LogP contribution in [0.1, 0.15) is 41.4 Å². The Hall–Kier alpha value is -2.44. The summed E-state index contributed by atoms with van der Waals surface area (Å²) in [6.07, 6.45) is 3.31. The van der Waals surface area contributed by atoms with E-state index in [1.165, 1.54) is 0 Å². The van der Waals surface area contributed by atoms with Gasteiger partial charge in [-0.25, -0.2) is 9.97 Å². The van der Waals surface area contributed by atoms with Crippen molar-refractivity contribution in [2.75, 3.05) is 18.4 Å². The van der Waals surface area contributed by atoms with Crippen molar-refractivity contribution >= 4 is 11.7 Å². The normalized spacial score (nSPS) is 13.8. The summed E-state index contributed by atoms with van der Waals surface area (Å²) < 4.78 is 1.95. The molecule has 0 atom stereocenters. The number of nitrogens with zero attached hydrogens (tertiary/aromatic N) is 4. The second-order valence-electron chi connectivity index (χ2n) is 6.54. The van der Waals surface area contributed by atoms with Crippen molar-refractivity contribution < 1.29 is 4.79 Å². The molecule has 0 spiro atoms. The fourth-order valence-electron chi connectivity index (χ4n) is 2.86. The third kappa shape index (κ3) is 3.55. The Labute approximate surface area is 141 Å². The number of carbonyl (C=O) groups excluding carboxylic acids is 1. The zero-order valence-corrected chi connectivity index (χ0v) is 14.5. The van der Waals surface area contributed by atoms with Crippen LogP contribution in [0.15, 0.2) is 12.3 Å². The van der Waals surface area contributed by atoms with E-state index in [2.05, 4.69) is 39.5 Å². The molecule has 0 radical (unpaired) electrons. The Balaban J connectivity index is 1.81. The van der Waals surface area contributed by atoms with Crippen LogP contribution in [-0.2, 0) is 19.4 Å². The van der Waals surface area contributed by atoms with E-state index in [4.69, 9.17) is 0 Å². The molecule has 0 saturated heterocycles. The summed E-state index contributed by atoms with van der Waals surface area (Å²) in [5.41, 5.74) is 2.56. The number of aryl methyl sites for hydroxylation is 1. The van der Waals surface area contributed by atoms with Crippen LogP contribution in [0.4, 0.5) is 5.82 Å². The molecule has 1 amide bonds. The van der Waals surface area contributed by atoms with Gasteiger partial charge in [0.25, 0.3) is 5.91 Å². The highest BCUT2D eigenvalue weighted by Crippen LogP contribution is 2.21. The van der Waals surface area contributed by atoms with E-state index in [1.807, 2.05) is 17.7 Å². The smallest absolute Gasteiger partial charge is 0.270 e. The number of carbonyl (C=O) groups is 1. The van der Waals surface area contributed by atoms with E-state index in [0.29, 0.717) is 24.7 Å². The standard InChI is InChI=1S/C17H24N6O/c1-11(2)10-14-21-15-13(5-6-19-17(15)24)16(22-14)18-8-9-23-12(3)4-7-20-23/h4,7,11H,5-6,8-10H2,1-3H3,(H,19,24)(H,18,21,22). The zero-order chi connectivity index (χ0) is 17.1. The summed E-state index contributed by atoms with van der Waals surface area (Å²) in [6.45, 7) is 8.36. The summed E-state index contributed by atoms with van der Waals surface area (Å²) in [6, 6.07) is 1.98. The van der Waals surface area contributed by atoms with Crippen LogP contribution in [0.2, 0.25) is 0 Å². The number of aromatic nitrogens is 4. The predicted octanol–water partition coefficient (Wildman–Crippen LogP) is 1.58. The van der Waals surface area contributed by atoms with Gasteiger partial charge in [0.1, 0.15) is 17.3 Å². The maximum absolute atomic E-state index is 12.1. The molecule has 0 aliphatic carbocycles. The summed E-state index contributed by atoms with van der Waals surface area (Å²) in [5.74, 6) is 1.85. The third-order valence-electron chi connectivity index (χ3n) is 4.06. The number of rotatable bonds is 6. The lowest BCUT2D eigenvalue weighted by Crippen LogP contribution is -2.34. The lowest BCUT2D eigenvalue weighted by atomic mass is 10.0. The van der Waals surface area contributed by atoms with Gasteiger partial charge in [-0.3, -0.25) is 9.48 Å². The lowest BCUT2D eigenvalue weighted by Gasteiger charge is -2.20. The lowest BCUT2D eigenvalue weighted by molar-refractivity contribution is 0.0940. The van der Waals surface area contributed by atoms with E-state index in [0.717, 1.165) is 42.3 Å². The second kappa shape index (κ2) is 6.98. The van der Waals surface area contributed by atoms with Crippen LogP contribution in [-0.4, -0.2) is 38.7 Å². The first kappa shape index (κ1) is 16.4. The molecule has 24 heavy (non-hydrogen) atoms. The van der Waals surface area contributed by atoms with Crippen LogP contribution < -0.4 is 10.6 Å². The van der Waals surface area contributed by atoms with Crippen molar-refractivity contribution in [3.63, 3.8) is 0 Å². The molecular weight excluding hydrogens is 304 g/mol. The topological polar surface area (TPSA) is 84.7 Å². The fourth-order valence-corrected chi connectivity index (χ4v) is 2.86. The zero-order valence-electron chi connectivity index (χ0n) is 14.5. The molecule has 7 heteroatoms. The van der Waals surface area contributed by atoms with Gasteiger partial charge < -0.3 is 10.6 Å². The van der Waals surface area contributed by atoms with Crippen LogP contribution in [0.5, 0.6) is 0 Å². The summed E-state index contributed by atoms with van der Waals surface area (Å²) in [7, 11) is 0. The van der Waals surface area contributed by atoms with Gasteiger partial charge in [-0.1, -0.05) is 13.8 Å². The third-order valence-corrected chi connectivity index (χ3v) is 4.06. The van der Waals surface area contributed by atoms with Crippen LogP contribution >= 0.6 is 0 Å². The number of fused-ring (bicyclic) bond motifs is 1. The number of hydrogen-bond donors (Lipinski definition) is 2. The SMILES string of the molecule is Cc1ccnn1CCNc1nc(CC(C)C)nc2c1CCNC2=O. The van der Waals surface area contributed by atoms with Crippen molar-refractivity contribution in [3.05, 3.63) is 35.0 Å². The summed E-state index contributed by atoms with van der Waals surface area (Å²) in [5, 5.41) is 10.5. The first-order chi connectivity index (χ1) is 11.5. The largest absolute Gasteiger partial charge is 0.368 e. The average molecular weight is 328 g/mol. The molecule has 3 rings (SSSR count). The number of anilines is 1. The average Bonchev–Trinajstić information content (AvgIpc) is 2.93. The van der Waals surface area contributed by atoms with Crippen LogP contribution in [0.3, 0.4) is 0 Å². The highest BCUT2D eigenvalue weighted by Gasteiger charge is 2.23. The van der Waals surface area contributed by atoms with Crippen molar-refractivity contribution in [2.24, 2.45) is 5.92 Å². The van der Waals surface area contributed by atoms with Gasteiger partial charge in [-0.05, 0) is 25.3 Å². The highest BCUT2D eigenvalue weighted by atomic mass is 16.1. The van der Waals surface area contributed by atoms with Gasteiger partial charge in [0.15, 0.2) is 0 Å². The molecule has 0 unspecified atom stereocenters. The molecule has 7 nitrogen and oxygen atoms in total. The summed E-state index contributed by atoms with van der Waals surface area (Å²) in [4.78, 5) is 21.3. The van der Waals surface area contributed by atoms with Crippen LogP contribution in [0.25, 0.3) is 0 Å². The summed E-state index contributed by atoms with van der Waals surface area (Å²) >= 11 is 0. The number of hydrogen-bond acceptors (Lipinski definition) is 5. The van der Waals surface area contributed by atoms with Crippen molar-refractivity contribution in [1.29, 1.82) is 0 Å². The molecule has 0 fully saturated rings. The van der Waals surface area contributed by atoms with Gasteiger partial charge in [0.2, 0.25) is 0 Å². The molecule has 1 aliphatic heterocycles. The minimum atomic E-state index is -0.102. The Kier molecular flexibility index (Phi) is 4.78. The van der Waals surface area contributed by atoms with E-state index >= 15 is 0 Å². The van der Waals surface area contributed by atoms with Gasteiger partial charge in [0, 0.05) is 37.0 Å².